The number of anilines is 4. The van der Waals surface area contributed by atoms with Gasteiger partial charge in [0.25, 0.3) is 5.91 Å². The first-order valence-corrected chi connectivity index (χ1v) is 17.5. The standard InChI is InChI=1S/C31H38N8O6S/c40-28(37-13-17-46(42,43)18-14-37)22-3-7-24(8-4-22)33-31(41)32-23-5-1-21(2-6-23)27-34-29(38-11-15-44-16-12-38)36-30(35-27)39-25-9-10-26(39)20-45-19-25/h1-8,25-26,42-43H,9-20H2,(H2,32,33,41). The Kier molecular flexibility index (Phi) is 8.66. The molecule has 4 N–H and O–H groups in total. The van der Waals surface area contributed by atoms with E-state index in [-0.39, 0.29) is 29.5 Å². The van der Waals surface area contributed by atoms with Crippen LogP contribution in [-0.2, 0) is 9.47 Å². The Bertz CT molecular complexity index is 1540. The van der Waals surface area contributed by atoms with E-state index >= 15 is 0 Å². The monoisotopic (exact) mass is 650 g/mol. The second-order valence-corrected chi connectivity index (χ2v) is 14.3. The highest BCUT2D eigenvalue weighted by Crippen LogP contribution is 2.40. The van der Waals surface area contributed by atoms with Crippen LogP contribution in [0.4, 0.5) is 28.1 Å². The van der Waals surface area contributed by atoms with E-state index in [0.717, 1.165) is 18.4 Å². The van der Waals surface area contributed by atoms with E-state index in [9.17, 15) is 18.7 Å². The largest absolute Gasteiger partial charge is 0.378 e. The van der Waals surface area contributed by atoms with E-state index < -0.39 is 16.6 Å². The molecule has 2 unspecified atom stereocenters. The number of rotatable bonds is 6. The molecule has 4 fully saturated rings. The summed E-state index contributed by atoms with van der Waals surface area (Å²) in [6, 6.07) is 14.1. The number of nitrogens with one attached hydrogen (secondary N) is 2. The minimum absolute atomic E-state index is 0.175. The summed E-state index contributed by atoms with van der Waals surface area (Å²) in [5.74, 6) is 2.09. The number of benzene rings is 2. The van der Waals surface area contributed by atoms with Gasteiger partial charge in [-0.3, -0.25) is 13.9 Å². The average Bonchev–Trinajstić information content (AvgIpc) is 3.33. The molecule has 0 spiro atoms. The summed E-state index contributed by atoms with van der Waals surface area (Å²) in [4.78, 5) is 46.2. The number of fused-ring (bicyclic) bond motifs is 2. The number of carbonyl (C=O) groups is 2. The molecule has 4 saturated heterocycles. The molecule has 46 heavy (non-hydrogen) atoms. The normalized spacial score (nSPS) is 23.1. The zero-order valence-corrected chi connectivity index (χ0v) is 26.2. The third-order valence-electron chi connectivity index (χ3n) is 8.83. The van der Waals surface area contributed by atoms with Crippen molar-refractivity contribution in [3.63, 3.8) is 0 Å². The predicted octanol–water partition coefficient (Wildman–Crippen LogP) is 3.59. The number of ether oxygens (including phenoxy) is 2. The molecule has 2 atom stereocenters. The predicted molar refractivity (Wildman–Crippen MR) is 176 cm³/mol. The molecule has 3 aromatic rings. The van der Waals surface area contributed by atoms with E-state index in [1.165, 1.54) is 0 Å². The lowest BCUT2D eigenvalue weighted by atomic mass is 10.1. The second-order valence-electron chi connectivity index (χ2n) is 11.9. The highest BCUT2D eigenvalue weighted by molar-refractivity contribution is 8.24. The van der Waals surface area contributed by atoms with Gasteiger partial charge in [0.1, 0.15) is 0 Å². The van der Waals surface area contributed by atoms with Crippen LogP contribution in [0.15, 0.2) is 48.5 Å². The van der Waals surface area contributed by atoms with Gasteiger partial charge >= 0.3 is 6.03 Å². The fourth-order valence-corrected chi connectivity index (χ4v) is 7.49. The molecular weight excluding hydrogens is 612 g/mol. The number of hydrogen-bond donors (Lipinski definition) is 4. The van der Waals surface area contributed by atoms with Crippen molar-refractivity contribution < 1.29 is 28.2 Å². The quantitative estimate of drug-likeness (QED) is 0.308. The van der Waals surface area contributed by atoms with Crippen LogP contribution in [0.5, 0.6) is 0 Å². The lowest BCUT2D eigenvalue weighted by Crippen LogP contribution is -2.47. The molecule has 1 aromatic heterocycles. The first-order chi connectivity index (χ1) is 22.3. The Morgan fingerprint density at radius 1 is 0.761 bits per heavy atom. The Morgan fingerprint density at radius 3 is 1.98 bits per heavy atom. The number of urea groups is 1. The van der Waals surface area contributed by atoms with Crippen molar-refractivity contribution in [2.24, 2.45) is 0 Å². The summed E-state index contributed by atoms with van der Waals surface area (Å²) in [6.45, 7) is 4.63. The van der Waals surface area contributed by atoms with Crippen LogP contribution in [0.25, 0.3) is 11.4 Å². The van der Waals surface area contributed by atoms with Crippen molar-refractivity contribution in [3.05, 3.63) is 54.1 Å². The summed E-state index contributed by atoms with van der Waals surface area (Å²) < 4.78 is 30.9. The third kappa shape index (κ3) is 6.73. The van der Waals surface area contributed by atoms with E-state index in [0.29, 0.717) is 87.3 Å². The summed E-state index contributed by atoms with van der Waals surface area (Å²) in [6.07, 6.45) is 2.11. The first-order valence-electron chi connectivity index (χ1n) is 15.6. The van der Waals surface area contributed by atoms with Crippen LogP contribution in [0.1, 0.15) is 23.2 Å². The molecule has 0 radical (unpaired) electrons. The molecule has 4 aliphatic heterocycles. The maximum Gasteiger partial charge on any atom is 0.323 e. The minimum Gasteiger partial charge on any atom is -0.378 e. The van der Waals surface area contributed by atoms with Crippen LogP contribution in [0.3, 0.4) is 0 Å². The van der Waals surface area contributed by atoms with Gasteiger partial charge < -0.3 is 34.8 Å². The van der Waals surface area contributed by atoms with Crippen molar-refractivity contribution in [1.82, 2.24) is 19.9 Å². The van der Waals surface area contributed by atoms with Crippen LogP contribution in [-0.4, -0.2) is 117 Å². The maximum absolute atomic E-state index is 12.8. The second kappa shape index (κ2) is 13.0. The van der Waals surface area contributed by atoms with Crippen molar-refractivity contribution in [1.29, 1.82) is 0 Å². The Hall–Kier alpha value is -4.02. The van der Waals surface area contributed by atoms with Crippen molar-refractivity contribution in [2.75, 3.05) is 84.5 Å². The molecule has 14 nitrogen and oxygen atoms in total. The number of aromatic nitrogens is 3. The van der Waals surface area contributed by atoms with Crippen molar-refractivity contribution >= 4 is 45.8 Å². The number of amides is 3. The molecule has 0 saturated carbocycles. The molecule has 4 aliphatic rings. The highest BCUT2D eigenvalue weighted by Gasteiger charge is 2.39. The summed E-state index contributed by atoms with van der Waals surface area (Å²) >= 11 is 0. The molecule has 5 heterocycles. The lowest BCUT2D eigenvalue weighted by Gasteiger charge is -2.40. The number of nitrogens with zero attached hydrogens (tertiary/aromatic N) is 6. The molecule has 3 amide bonds. The molecule has 2 bridgehead atoms. The Morgan fingerprint density at radius 2 is 1.35 bits per heavy atom. The summed E-state index contributed by atoms with van der Waals surface area (Å²) in [5, 5.41) is 5.64. The van der Waals surface area contributed by atoms with Gasteiger partial charge in [0.15, 0.2) is 5.82 Å². The van der Waals surface area contributed by atoms with Crippen LogP contribution in [0, 0.1) is 0 Å². The van der Waals surface area contributed by atoms with Crippen LogP contribution >= 0.6 is 10.6 Å². The number of morpholine rings is 2. The lowest BCUT2D eigenvalue weighted by molar-refractivity contribution is 0.0768. The summed E-state index contributed by atoms with van der Waals surface area (Å²) in [5.41, 5.74) is 2.41. The smallest absolute Gasteiger partial charge is 0.323 e. The zero-order chi connectivity index (χ0) is 31.7. The number of carbonyl (C=O) groups excluding carboxylic acids is 2. The maximum atomic E-state index is 12.8. The molecule has 7 rings (SSSR count). The third-order valence-corrected chi connectivity index (χ3v) is 10.5. The van der Waals surface area contributed by atoms with Gasteiger partial charge in [0.05, 0.1) is 50.0 Å². The fraction of sp³-hybridized carbons (Fsp3) is 0.452. The molecule has 0 aliphatic carbocycles. The zero-order valence-electron chi connectivity index (χ0n) is 25.4. The van der Waals surface area contributed by atoms with Crippen LogP contribution in [0.2, 0.25) is 0 Å². The van der Waals surface area contributed by atoms with Gasteiger partial charge in [0, 0.05) is 48.7 Å². The van der Waals surface area contributed by atoms with Gasteiger partial charge in [-0.1, -0.05) is 0 Å². The van der Waals surface area contributed by atoms with Crippen molar-refractivity contribution in [3.8, 4) is 11.4 Å². The van der Waals surface area contributed by atoms with Gasteiger partial charge in [-0.05, 0) is 61.4 Å². The van der Waals surface area contributed by atoms with E-state index in [1.54, 1.807) is 41.3 Å². The molecule has 2 aromatic carbocycles. The van der Waals surface area contributed by atoms with Gasteiger partial charge in [-0.15, -0.1) is 0 Å². The SMILES string of the molecule is O=C(Nc1ccc(C(=O)N2CCS(O)(O)CC2)cc1)Nc1ccc(-c2nc(N3CCOCC3)nc(N3C4CCC3COC4)n2)cc1. The highest BCUT2D eigenvalue weighted by atomic mass is 32.3. The fourth-order valence-electron chi connectivity index (χ4n) is 6.26. The topological polar surface area (TPSA) is 166 Å². The Balaban J connectivity index is 1.01. The van der Waals surface area contributed by atoms with E-state index in [2.05, 4.69) is 20.4 Å². The van der Waals surface area contributed by atoms with E-state index in [4.69, 9.17) is 24.4 Å². The summed E-state index contributed by atoms with van der Waals surface area (Å²) in [7, 11) is -2.58. The van der Waals surface area contributed by atoms with Gasteiger partial charge in [0.2, 0.25) is 11.9 Å². The van der Waals surface area contributed by atoms with Crippen molar-refractivity contribution in [2.45, 2.75) is 24.9 Å². The average molecular weight is 651 g/mol. The Labute approximate surface area is 268 Å². The van der Waals surface area contributed by atoms with E-state index in [1.807, 2.05) is 12.1 Å². The van der Waals surface area contributed by atoms with Crippen LogP contribution < -0.4 is 20.4 Å². The first kappa shape index (κ1) is 30.6. The van der Waals surface area contributed by atoms with Gasteiger partial charge in [-0.2, -0.15) is 25.5 Å². The number of hydrogen-bond acceptors (Lipinski definition) is 11. The minimum atomic E-state index is -2.58. The van der Waals surface area contributed by atoms with Gasteiger partial charge in [-0.25, -0.2) is 4.79 Å². The molecule has 15 heteroatoms. The molecule has 244 valence electrons. The molecular formula is C31H38N8O6S.